The fourth-order valence-corrected chi connectivity index (χ4v) is 1.36. The summed E-state index contributed by atoms with van der Waals surface area (Å²) in [6.07, 6.45) is 5.14. The molecule has 1 aromatic rings. The zero-order valence-corrected chi connectivity index (χ0v) is 9.66. The molecule has 0 atom stereocenters. The minimum absolute atomic E-state index is 0.679. The van der Waals surface area contributed by atoms with Gasteiger partial charge >= 0.3 is 0 Å². The van der Waals surface area contributed by atoms with Crippen molar-refractivity contribution >= 4 is 15.9 Å². The highest BCUT2D eigenvalue weighted by molar-refractivity contribution is 9.10. The molecule has 0 aliphatic rings. The molecule has 76 valence electrons. The Morgan fingerprint density at radius 1 is 1.43 bits per heavy atom. The molecule has 0 bridgehead atoms. The SMILES string of the molecule is C=CCCCCOc1cccc(Br)n1. The molecular weight excluding hydrogens is 242 g/mol. The fourth-order valence-electron chi connectivity index (χ4n) is 1.04. The smallest absolute Gasteiger partial charge is 0.214 e. The molecule has 0 N–H and O–H groups in total. The molecule has 2 nitrogen and oxygen atoms in total. The van der Waals surface area contributed by atoms with Crippen molar-refractivity contribution in [1.82, 2.24) is 4.98 Å². The van der Waals surface area contributed by atoms with Crippen LogP contribution in [0.4, 0.5) is 0 Å². The van der Waals surface area contributed by atoms with Crippen LogP contribution in [0, 0.1) is 0 Å². The molecule has 0 fully saturated rings. The summed E-state index contributed by atoms with van der Waals surface area (Å²) in [6.45, 7) is 4.39. The Hall–Kier alpha value is -0.830. The third-order valence-corrected chi connectivity index (χ3v) is 2.18. The van der Waals surface area contributed by atoms with Gasteiger partial charge in [0.05, 0.1) is 6.61 Å². The number of unbranched alkanes of at least 4 members (excludes halogenated alkanes) is 2. The first-order valence-corrected chi connectivity index (χ1v) is 5.48. The van der Waals surface area contributed by atoms with Crippen LogP contribution in [0.15, 0.2) is 35.5 Å². The van der Waals surface area contributed by atoms with Gasteiger partial charge in [-0.25, -0.2) is 4.98 Å². The average Bonchev–Trinajstić information content (AvgIpc) is 2.18. The van der Waals surface area contributed by atoms with Crippen molar-refractivity contribution < 1.29 is 4.74 Å². The van der Waals surface area contributed by atoms with Gasteiger partial charge in [-0.3, -0.25) is 0 Å². The number of allylic oxidation sites excluding steroid dienone is 1. The first-order valence-electron chi connectivity index (χ1n) is 4.69. The van der Waals surface area contributed by atoms with Crippen LogP contribution in [0.25, 0.3) is 0 Å². The molecule has 14 heavy (non-hydrogen) atoms. The summed E-state index contributed by atoms with van der Waals surface area (Å²) in [6, 6.07) is 5.65. The molecule has 0 aliphatic heterocycles. The van der Waals surface area contributed by atoms with Crippen molar-refractivity contribution in [3.05, 3.63) is 35.5 Å². The molecule has 0 aromatic carbocycles. The molecule has 1 heterocycles. The zero-order chi connectivity index (χ0) is 10.2. The van der Waals surface area contributed by atoms with E-state index in [1.807, 2.05) is 24.3 Å². The van der Waals surface area contributed by atoms with Crippen LogP contribution in [0.1, 0.15) is 19.3 Å². The second-order valence-electron chi connectivity index (χ2n) is 2.93. The molecule has 0 amide bonds. The van der Waals surface area contributed by atoms with E-state index < -0.39 is 0 Å². The third kappa shape index (κ3) is 4.42. The third-order valence-electron chi connectivity index (χ3n) is 1.74. The number of hydrogen-bond acceptors (Lipinski definition) is 2. The van der Waals surface area contributed by atoms with Crippen molar-refractivity contribution in [2.45, 2.75) is 19.3 Å². The van der Waals surface area contributed by atoms with Gasteiger partial charge in [0.1, 0.15) is 4.60 Å². The van der Waals surface area contributed by atoms with Gasteiger partial charge in [-0.15, -0.1) is 6.58 Å². The Balaban J connectivity index is 2.21. The lowest BCUT2D eigenvalue weighted by molar-refractivity contribution is 0.295. The van der Waals surface area contributed by atoms with Gasteiger partial charge in [0.15, 0.2) is 0 Å². The lowest BCUT2D eigenvalue weighted by Crippen LogP contribution is -1.98. The van der Waals surface area contributed by atoms with Gasteiger partial charge in [0, 0.05) is 6.07 Å². The second-order valence-corrected chi connectivity index (χ2v) is 3.74. The lowest BCUT2D eigenvalue weighted by Gasteiger charge is -2.04. The van der Waals surface area contributed by atoms with Crippen molar-refractivity contribution in [3.8, 4) is 5.88 Å². The molecular formula is C11H14BrNO. The van der Waals surface area contributed by atoms with Crippen LogP contribution < -0.4 is 4.74 Å². The molecule has 0 spiro atoms. The molecule has 0 unspecified atom stereocenters. The number of nitrogens with zero attached hydrogens (tertiary/aromatic N) is 1. The maximum absolute atomic E-state index is 5.46. The Kier molecular flexibility index (Phi) is 5.30. The van der Waals surface area contributed by atoms with Crippen LogP contribution in [-0.4, -0.2) is 11.6 Å². The van der Waals surface area contributed by atoms with E-state index in [-0.39, 0.29) is 0 Å². The van der Waals surface area contributed by atoms with Crippen LogP contribution in [0.5, 0.6) is 5.88 Å². The number of aromatic nitrogens is 1. The predicted molar refractivity (Wildman–Crippen MR) is 61.5 cm³/mol. The van der Waals surface area contributed by atoms with Crippen molar-refractivity contribution in [2.75, 3.05) is 6.61 Å². The normalized spacial score (nSPS) is 9.79. The van der Waals surface area contributed by atoms with Crippen LogP contribution in [0.2, 0.25) is 0 Å². The minimum atomic E-state index is 0.679. The summed E-state index contributed by atoms with van der Waals surface area (Å²) in [5.41, 5.74) is 0. The zero-order valence-electron chi connectivity index (χ0n) is 8.08. The van der Waals surface area contributed by atoms with Gasteiger partial charge in [0.25, 0.3) is 0 Å². The van der Waals surface area contributed by atoms with Gasteiger partial charge in [-0.1, -0.05) is 12.1 Å². The average molecular weight is 256 g/mol. The van der Waals surface area contributed by atoms with E-state index in [0.29, 0.717) is 5.88 Å². The summed E-state index contributed by atoms with van der Waals surface area (Å²) < 4.78 is 6.26. The number of ether oxygens (including phenoxy) is 1. The summed E-state index contributed by atoms with van der Waals surface area (Å²) in [5.74, 6) is 0.679. The Morgan fingerprint density at radius 3 is 3.00 bits per heavy atom. The van der Waals surface area contributed by atoms with E-state index in [4.69, 9.17) is 4.74 Å². The van der Waals surface area contributed by atoms with Crippen molar-refractivity contribution in [3.63, 3.8) is 0 Å². The van der Waals surface area contributed by atoms with Gasteiger partial charge in [0.2, 0.25) is 5.88 Å². The number of rotatable bonds is 6. The van der Waals surface area contributed by atoms with Gasteiger partial charge in [-0.2, -0.15) is 0 Å². The van der Waals surface area contributed by atoms with E-state index >= 15 is 0 Å². The highest BCUT2D eigenvalue weighted by Gasteiger charge is 1.95. The molecule has 0 saturated heterocycles. The van der Waals surface area contributed by atoms with E-state index in [9.17, 15) is 0 Å². The first kappa shape index (κ1) is 11.2. The summed E-state index contributed by atoms with van der Waals surface area (Å²) >= 11 is 3.29. The predicted octanol–water partition coefficient (Wildman–Crippen LogP) is 3.58. The van der Waals surface area contributed by atoms with E-state index in [2.05, 4.69) is 27.5 Å². The standard InChI is InChI=1S/C11H14BrNO/c1-2-3-4-5-9-14-11-8-6-7-10(12)13-11/h2,6-8H,1,3-5,9H2. The largest absolute Gasteiger partial charge is 0.478 e. The monoisotopic (exact) mass is 255 g/mol. The van der Waals surface area contributed by atoms with E-state index in [1.54, 1.807) is 0 Å². The Labute approximate surface area is 93.1 Å². The maximum Gasteiger partial charge on any atom is 0.214 e. The quantitative estimate of drug-likeness (QED) is 0.441. The molecule has 1 aromatic heterocycles. The molecule has 0 saturated carbocycles. The second kappa shape index (κ2) is 6.60. The summed E-state index contributed by atoms with van der Waals surface area (Å²) in [4.78, 5) is 4.17. The lowest BCUT2D eigenvalue weighted by atomic mass is 10.2. The van der Waals surface area contributed by atoms with E-state index in [1.165, 1.54) is 0 Å². The van der Waals surface area contributed by atoms with Crippen molar-refractivity contribution in [1.29, 1.82) is 0 Å². The first-order chi connectivity index (χ1) is 6.83. The van der Waals surface area contributed by atoms with Gasteiger partial charge < -0.3 is 4.74 Å². The molecule has 0 radical (unpaired) electrons. The maximum atomic E-state index is 5.46. The Morgan fingerprint density at radius 2 is 2.29 bits per heavy atom. The number of hydrogen-bond donors (Lipinski definition) is 0. The summed E-state index contributed by atoms with van der Waals surface area (Å²) in [5, 5.41) is 0. The topological polar surface area (TPSA) is 22.1 Å². The van der Waals surface area contributed by atoms with Crippen LogP contribution >= 0.6 is 15.9 Å². The summed E-state index contributed by atoms with van der Waals surface area (Å²) in [7, 11) is 0. The highest BCUT2D eigenvalue weighted by atomic mass is 79.9. The van der Waals surface area contributed by atoms with Crippen LogP contribution in [0.3, 0.4) is 0 Å². The number of pyridine rings is 1. The highest BCUT2D eigenvalue weighted by Crippen LogP contribution is 2.12. The van der Waals surface area contributed by atoms with Crippen molar-refractivity contribution in [2.24, 2.45) is 0 Å². The molecule has 0 aliphatic carbocycles. The minimum Gasteiger partial charge on any atom is -0.478 e. The van der Waals surface area contributed by atoms with Gasteiger partial charge in [-0.05, 0) is 41.3 Å². The number of halogens is 1. The molecule has 1 rings (SSSR count). The fraction of sp³-hybridized carbons (Fsp3) is 0.364. The van der Waals surface area contributed by atoms with E-state index in [0.717, 1.165) is 30.5 Å². The Bertz CT molecular complexity index is 288. The molecule has 3 heteroatoms. The van der Waals surface area contributed by atoms with Crippen LogP contribution in [-0.2, 0) is 0 Å².